The van der Waals surface area contributed by atoms with Crippen LogP contribution in [0.3, 0.4) is 0 Å². The van der Waals surface area contributed by atoms with Crippen molar-refractivity contribution in [3.8, 4) is 11.3 Å². The van der Waals surface area contributed by atoms with Crippen LogP contribution in [0.4, 0.5) is 0 Å². The Morgan fingerprint density at radius 2 is 2.26 bits per heavy atom. The summed E-state index contributed by atoms with van der Waals surface area (Å²) in [6, 6.07) is 6.95. The number of fused-ring (bicyclic) bond motifs is 3. The Morgan fingerprint density at radius 1 is 1.42 bits per heavy atom. The summed E-state index contributed by atoms with van der Waals surface area (Å²) in [7, 11) is 0. The van der Waals surface area contributed by atoms with Crippen molar-refractivity contribution in [2.24, 2.45) is 0 Å². The maximum absolute atomic E-state index is 4.75. The highest BCUT2D eigenvalue weighted by Gasteiger charge is 2.22. The average Bonchev–Trinajstić information content (AvgIpc) is 2.84. The van der Waals surface area contributed by atoms with E-state index in [-0.39, 0.29) is 0 Å². The van der Waals surface area contributed by atoms with Crippen molar-refractivity contribution in [3.63, 3.8) is 0 Å². The highest BCUT2D eigenvalue weighted by atomic mass is 79.9. The van der Waals surface area contributed by atoms with Gasteiger partial charge in [-0.15, -0.1) is 0 Å². The molecular formula is C15H18BrN3. The zero-order valence-corrected chi connectivity index (χ0v) is 12.8. The van der Waals surface area contributed by atoms with Crippen LogP contribution in [0.1, 0.15) is 30.9 Å². The van der Waals surface area contributed by atoms with Gasteiger partial charge in [0.25, 0.3) is 0 Å². The zero-order valence-electron chi connectivity index (χ0n) is 11.3. The molecule has 1 aromatic heterocycles. The van der Waals surface area contributed by atoms with Crippen molar-refractivity contribution < 1.29 is 0 Å². The monoisotopic (exact) mass is 319 g/mol. The third-order valence-corrected chi connectivity index (χ3v) is 3.93. The molecule has 100 valence electrons. The maximum Gasteiger partial charge on any atom is 0.108 e. The molecule has 0 spiro atoms. The standard InChI is InChI=1S/C15H18BrN3/c1-9(2)17-6-5-14-18-13-8-10-7-11(16)3-4-12(10)15(13)19-14/h3-4,7,9,17H,5-6,8H2,1-2H3,(H,18,19). The second-order valence-electron chi connectivity index (χ2n) is 5.35. The van der Waals surface area contributed by atoms with Crippen LogP contribution in [0.5, 0.6) is 0 Å². The molecule has 0 saturated carbocycles. The van der Waals surface area contributed by atoms with Crippen molar-refractivity contribution in [1.82, 2.24) is 15.3 Å². The third-order valence-electron chi connectivity index (χ3n) is 3.43. The minimum atomic E-state index is 0.528. The molecule has 0 aliphatic heterocycles. The number of nitrogens with one attached hydrogen (secondary N) is 2. The SMILES string of the molecule is CC(C)NCCc1nc2c([nH]1)Cc1cc(Br)ccc1-2. The fourth-order valence-corrected chi connectivity index (χ4v) is 2.95. The minimum Gasteiger partial charge on any atom is -0.345 e. The van der Waals surface area contributed by atoms with Gasteiger partial charge in [0.2, 0.25) is 0 Å². The van der Waals surface area contributed by atoms with E-state index < -0.39 is 0 Å². The molecule has 0 unspecified atom stereocenters. The Morgan fingerprint density at radius 3 is 3.05 bits per heavy atom. The van der Waals surface area contributed by atoms with Crippen LogP contribution in [0, 0.1) is 0 Å². The molecule has 1 aliphatic carbocycles. The van der Waals surface area contributed by atoms with E-state index in [2.05, 4.69) is 58.3 Å². The Hall–Kier alpha value is -1.13. The van der Waals surface area contributed by atoms with Crippen molar-refractivity contribution >= 4 is 15.9 Å². The molecule has 0 amide bonds. The number of hydrogen-bond acceptors (Lipinski definition) is 2. The summed E-state index contributed by atoms with van der Waals surface area (Å²) < 4.78 is 1.14. The largest absolute Gasteiger partial charge is 0.345 e. The van der Waals surface area contributed by atoms with Crippen molar-refractivity contribution in [1.29, 1.82) is 0 Å². The van der Waals surface area contributed by atoms with Gasteiger partial charge in [0.15, 0.2) is 0 Å². The van der Waals surface area contributed by atoms with Gasteiger partial charge in [-0.05, 0) is 17.7 Å². The molecular weight excluding hydrogens is 302 g/mol. The van der Waals surface area contributed by atoms with Crippen LogP contribution >= 0.6 is 15.9 Å². The van der Waals surface area contributed by atoms with Gasteiger partial charge in [-0.1, -0.05) is 35.8 Å². The molecule has 0 fully saturated rings. The van der Waals surface area contributed by atoms with E-state index in [9.17, 15) is 0 Å². The lowest BCUT2D eigenvalue weighted by atomic mass is 10.1. The molecule has 0 radical (unpaired) electrons. The normalized spacial score (nSPS) is 12.8. The number of hydrogen-bond donors (Lipinski definition) is 2. The van der Waals surface area contributed by atoms with E-state index in [1.807, 2.05) is 0 Å². The summed E-state index contributed by atoms with van der Waals surface area (Å²) in [5, 5.41) is 3.42. The fourth-order valence-electron chi connectivity index (χ4n) is 2.54. The first-order valence-electron chi connectivity index (χ1n) is 6.73. The van der Waals surface area contributed by atoms with Crippen LogP contribution in [0.15, 0.2) is 22.7 Å². The number of aromatic nitrogens is 2. The van der Waals surface area contributed by atoms with Gasteiger partial charge in [-0.2, -0.15) is 0 Å². The zero-order chi connectivity index (χ0) is 13.4. The molecule has 0 saturated heterocycles. The summed E-state index contributed by atoms with van der Waals surface area (Å²) >= 11 is 3.52. The van der Waals surface area contributed by atoms with Crippen LogP contribution in [-0.4, -0.2) is 22.6 Å². The first kappa shape index (κ1) is 12.9. The molecule has 1 heterocycles. The Bertz CT molecular complexity index is 601. The van der Waals surface area contributed by atoms with E-state index in [1.165, 1.54) is 16.8 Å². The molecule has 0 bridgehead atoms. The van der Waals surface area contributed by atoms with Crippen molar-refractivity contribution in [2.75, 3.05) is 6.54 Å². The molecule has 19 heavy (non-hydrogen) atoms. The van der Waals surface area contributed by atoms with Crippen molar-refractivity contribution in [2.45, 2.75) is 32.7 Å². The number of rotatable bonds is 4. The average molecular weight is 320 g/mol. The second kappa shape index (κ2) is 5.10. The highest BCUT2D eigenvalue weighted by molar-refractivity contribution is 9.10. The molecule has 2 aromatic rings. The van der Waals surface area contributed by atoms with E-state index >= 15 is 0 Å². The van der Waals surface area contributed by atoms with Crippen LogP contribution < -0.4 is 5.32 Å². The van der Waals surface area contributed by atoms with Crippen LogP contribution in [-0.2, 0) is 12.8 Å². The molecule has 3 nitrogen and oxygen atoms in total. The number of H-pyrrole nitrogens is 1. The number of benzene rings is 1. The van der Waals surface area contributed by atoms with Gasteiger partial charge < -0.3 is 10.3 Å². The predicted octanol–water partition coefficient (Wildman–Crippen LogP) is 3.28. The third kappa shape index (κ3) is 2.60. The van der Waals surface area contributed by atoms with Crippen molar-refractivity contribution in [3.05, 3.63) is 39.8 Å². The first-order valence-corrected chi connectivity index (χ1v) is 7.52. The topological polar surface area (TPSA) is 40.7 Å². The van der Waals surface area contributed by atoms with E-state index in [0.29, 0.717) is 6.04 Å². The smallest absolute Gasteiger partial charge is 0.108 e. The van der Waals surface area contributed by atoms with E-state index in [4.69, 9.17) is 4.98 Å². The minimum absolute atomic E-state index is 0.528. The molecule has 4 heteroatoms. The first-order chi connectivity index (χ1) is 9.13. The number of aromatic amines is 1. The van der Waals surface area contributed by atoms with Crippen LogP contribution in [0.2, 0.25) is 0 Å². The fraction of sp³-hybridized carbons (Fsp3) is 0.400. The molecule has 0 atom stereocenters. The number of nitrogens with zero attached hydrogens (tertiary/aromatic N) is 1. The summed E-state index contributed by atoms with van der Waals surface area (Å²) in [5.74, 6) is 1.09. The van der Waals surface area contributed by atoms with Gasteiger partial charge in [0, 0.05) is 41.2 Å². The summed E-state index contributed by atoms with van der Waals surface area (Å²) in [5.41, 5.74) is 5.03. The van der Waals surface area contributed by atoms with Gasteiger partial charge in [0.1, 0.15) is 5.82 Å². The molecule has 3 rings (SSSR count). The summed E-state index contributed by atoms with van der Waals surface area (Å²) in [6.45, 7) is 5.30. The van der Waals surface area contributed by atoms with Gasteiger partial charge in [-0.25, -0.2) is 4.98 Å². The quantitative estimate of drug-likeness (QED) is 0.774. The number of halogens is 1. The predicted molar refractivity (Wildman–Crippen MR) is 81.4 cm³/mol. The summed E-state index contributed by atoms with van der Waals surface area (Å²) in [6.07, 6.45) is 1.92. The lowest BCUT2D eigenvalue weighted by Gasteiger charge is -2.06. The summed E-state index contributed by atoms with van der Waals surface area (Å²) in [4.78, 5) is 8.22. The van der Waals surface area contributed by atoms with E-state index in [1.54, 1.807) is 0 Å². The Balaban J connectivity index is 1.78. The molecule has 1 aliphatic rings. The number of imidazole rings is 1. The second-order valence-corrected chi connectivity index (χ2v) is 6.26. The Labute approximate surface area is 122 Å². The lowest BCUT2D eigenvalue weighted by Crippen LogP contribution is -2.25. The maximum atomic E-state index is 4.75. The highest BCUT2D eigenvalue weighted by Crippen LogP contribution is 2.36. The Kier molecular flexibility index (Phi) is 3.46. The van der Waals surface area contributed by atoms with Gasteiger partial charge in [-0.3, -0.25) is 0 Å². The molecule has 1 aromatic carbocycles. The molecule has 2 N–H and O–H groups in total. The van der Waals surface area contributed by atoms with Gasteiger partial charge >= 0.3 is 0 Å². The van der Waals surface area contributed by atoms with Gasteiger partial charge in [0.05, 0.1) is 5.69 Å². The van der Waals surface area contributed by atoms with E-state index in [0.717, 1.165) is 35.4 Å². The lowest BCUT2D eigenvalue weighted by molar-refractivity contribution is 0.584. The van der Waals surface area contributed by atoms with Crippen LogP contribution in [0.25, 0.3) is 11.3 Å².